The van der Waals surface area contributed by atoms with Crippen LogP contribution in [0, 0.1) is 13.8 Å². The van der Waals surface area contributed by atoms with Crippen LogP contribution in [0.25, 0.3) is 16.6 Å². The maximum Gasteiger partial charge on any atom is 0.434 e. The van der Waals surface area contributed by atoms with E-state index in [0.29, 0.717) is 5.69 Å². The van der Waals surface area contributed by atoms with Crippen molar-refractivity contribution < 1.29 is 13.2 Å². The Morgan fingerprint density at radius 3 is 2.46 bits per heavy atom. The number of rotatable bonds is 2. The molecule has 0 atom stereocenters. The molecule has 0 saturated carbocycles. The third-order valence-corrected chi connectivity index (χ3v) is 3.98. The molecule has 0 spiro atoms. The predicted molar refractivity (Wildman–Crippen MR) is 87.1 cm³/mol. The molecule has 2 aromatic heterocycles. The minimum absolute atomic E-state index is 0.0582. The van der Waals surface area contributed by atoms with Crippen LogP contribution in [0.5, 0.6) is 0 Å². The lowest BCUT2D eigenvalue weighted by molar-refractivity contribution is -0.139. The first kappa shape index (κ1) is 16.3. The second-order valence-electron chi connectivity index (χ2n) is 5.78. The summed E-state index contributed by atoms with van der Waals surface area (Å²) in [4.78, 5) is 3.63. The lowest BCUT2D eigenvalue weighted by Crippen LogP contribution is -2.10. The Kier molecular flexibility index (Phi) is 3.74. The molecule has 0 aliphatic heterocycles. The van der Waals surface area contributed by atoms with Gasteiger partial charge in [0.15, 0.2) is 5.69 Å². The molecule has 0 unspecified atom stereocenters. The molecule has 3 rings (SSSR count). The third kappa shape index (κ3) is 2.60. The summed E-state index contributed by atoms with van der Waals surface area (Å²) >= 11 is 0. The van der Waals surface area contributed by atoms with E-state index in [2.05, 4.69) is 10.1 Å². The number of halogens is 3. The largest absolute Gasteiger partial charge is 0.434 e. The average molecular weight is 334 g/mol. The van der Waals surface area contributed by atoms with Crippen LogP contribution in [0.3, 0.4) is 0 Å². The Morgan fingerprint density at radius 1 is 1.17 bits per heavy atom. The van der Waals surface area contributed by atoms with Crippen molar-refractivity contribution in [3.05, 3.63) is 46.8 Å². The smallest absolute Gasteiger partial charge is 0.383 e. The summed E-state index contributed by atoms with van der Waals surface area (Å²) in [5, 5.41) is 4.13. The van der Waals surface area contributed by atoms with E-state index in [1.807, 2.05) is 32.0 Å². The van der Waals surface area contributed by atoms with Crippen LogP contribution < -0.4 is 5.73 Å². The van der Waals surface area contributed by atoms with Crippen molar-refractivity contribution in [1.29, 1.82) is 0 Å². The highest BCUT2D eigenvalue weighted by atomic mass is 19.4. The molecule has 126 valence electrons. The first-order valence-corrected chi connectivity index (χ1v) is 7.55. The summed E-state index contributed by atoms with van der Waals surface area (Å²) in [5.41, 5.74) is 8.15. The SMILES string of the molecule is CCc1ccc(-n2nc3cc(C)nc(C(F)(F)F)c3c2N)c(C)c1. The number of benzene rings is 1. The fourth-order valence-corrected chi connectivity index (χ4v) is 2.82. The molecule has 7 heteroatoms. The van der Waals surface area contributed by atoms with E-state index >= 15 is 0 Å². The number of fused-ring (bicyclic) bond motifs is 1. The minimum atomic E-state index is -4.59. The molecule has 0 amide bonds. The summed E-state index contributed by atoms with van der Waals surface area (Å²) in [6.45, 7) is 5.43. The first-order chi connectivity index (χ1) is 11.2. The van der Waals surface area contributed by atoms with Crippen molar-refractivity contribution in [3.8, 4) is 5.69 Å². The van der Waals surface area contributed by atoms with Gasteiger partial charge in [-0.3, -0.25) is 0 Å². The average Bonchev–Trinajstić information content (AvgIpc) is 2.82. The number of hydrogen-bond donors (Lipinski definition) is 1. The number of aryl methyl sites for hydroxylation is 3. The summed E-state index contributed by atoms with van der Waals surface area (Å²) in [6.07, 6.45) is -3.72. The molecule has 4 nitrogen and oxygen atoms in total. The normalized spacial score (nSPS) is 12.1. The number of aromatic nitrogens is 3. The van der Waals surface area contributed by atoms with Crippen molar-refractivity contribution in [3.63, 3.8) is 0 Å². The number of nitrogens with zero attached hydrogens (tertiary/aromatic N) is 3. The number of pyridine rings is 1. The van der Waals surface area contributed by atoms with Gasteiger partial charge in [0.25, 0.3) is 0 Å². The van der Waals surface area contributed by atoms with Crippen molar-refractivity contribution >= 4 is 16.7 Å². The summed E-state index contributed by atoms with van der Waals surface area (Å²) < 4.78 is 41.3. The van der Waals surface area contributed by atoms with Crippen molar-refractivity contribution in [2.24, 2.45) is 0 Å². The first-order valence-electron chi connectivity index (χ1n) is 7.55. The van der Waals surface area contributed by atoms with E-state index in [1.165, 1.54) is 17.7 Å². The van der Waals surface area contributed by atoms with Gasteiger partial charge in [-0.2, -0.15) is 18.3 Å². The zero-order valence-corrected chi connectivity index (χ0v) is 13.6. The Balaban J connectivity index is 2.30. The van der Waals surface area contributed by atoms with Crippen molar-refractivity contribution in [2.75, 3.05) is 5.73 Å². The number of alkyl halides is 3. The molecular weight excluding hydrogens is 317 g/mol. The second kappa shape index (κ2) is 5.51. The predicted octanol–water partition coefficient (Wildman–Crippen LogP) is 4.20. The molecule has 0 aliphatic rings. The molecule has 1 aromatic carbocycles. The van der Waals surface area contributed by atoms with Crippen molar-refractivity contribution in [1.82, 2.24) is 14.8 Å². The molecule has 0 fully saturated rings. The molecule has 24 heavy (non-hydrogen) atoms. The molecule has 0 aliphatic carbocycles. The molecule has 2 heterocycles. The van der Waals surface area contributed by atoms with Crippen LogP contribution in [0.15, 0.2) is 24.3 Å². The van der Waals surface area contributed by atoms with Crippen molar-refractivity contribution in [2.45, 2.75) is 33.4 Å². The molecule has 0 radical (unpaired) electrons. The highest BCUT2D eigenvalue weighted by molar-refractivity contribution is 5.92. The summed E-state index contributed by atoms with van der Waals surface area (Å²) in [5.74, 6) is -0.0582. The van der Waals surface area contributed by atoms with Gasteiger partial charge in [-0.05, 0) is 43.5 Å². The van der Waals surface area contributed by atoms with Gasteiger partial charge in [0, 0.05) is 5.69 Å². The minimum Gasteiger partial charge on any atom is -0.383 e. The van der Waals surface area contributed by atoms with Gasteiger partial charge in [0.05, 0.1) is 16.6 Å². The van der Waals surface area contributed by atoms with E-state index in [9.17, 15) is 13.2 Å². The maximum absolute atomic E-state index is 13.3. The Bertz CT molecular complexity index is 926. The van der Waals surface area contributed by atoms with Gasteiger partial charge in [-0.15, -0.1) is 0 Å². The summed E-state index contributed by atoms with van der Waals surface area (Å²) in [6, 6.07) is 7.23. The number of hydrogen-bond acceptors (Lipinski definition) is 3. The van der Waals surface area contributed by atoms with Crippen LogP contribution >= 0.6 is 0 Å². The fraction of sp³-hybridized carbons (Fsp3) is 0.294. The van der Waals surface area contributed by atoms with E-state index in [4.69, 9.17) is 5.73 Å². The van der Waals surface area contributed by atoms with Crippen LogP contribution in [-0.4, -0.2) is 14.8 Å². The topological polar surface area (TPSA) is 56.7 Å². The van der Waals surface area contributed by atoms with E-state index in [-0.39, 0.29) is 22.4 Å². The van der Waals surface area contributed by atoms with E-state index < -0.39 is 11.9 Å². The monoisotopic (exact) mass is 334 g/mol. The number of nitrogen functional groups attached to an aromatic ring is 1. The van der Waals surface area contributed by atoms with Gasteiger partial charge in [-0.1, -0.05) is 19.1 Å². The number of anilines is 1. The Hall–Kier alpha value is -2.57. The highest BCUT2D eigenvalue weighted by Crippen LogP contribution is 2.37. The maximum atomic E-state index is 13.3. The fourth-order valence-electron chi connectivity index (χ4n) is 2.82. The number of nitrogens with two attached hydrogens (primary N) is 1. The van der Waals surface area contributed by atoms with Gasteiger partial charge in [0.1, 0.15) is 5.82 Å². The highest BCUT2D eigenvalue weighted by Gasteiger charge is 2.37. The molecule has 0 bridgehead atoms. The molecule has 0 saturated heterocycles. The standard InChI is InChI=1S/C17H17F3N4/c1-4-11-5-6-13(9(2)7-11)24-16(21)14-12(23-24)8-10(3)22-15(14)17(18,19)20/h5-8H,4,21H2,1-3H3. The van der Waals surface area contributed by atoms with E-state index in [1.54, 1.807) is 0 Å². The Labute approximate surface area is 137 Å². The zero-order chi connectivity index (χ0) is 17.6. The van der Waals surface area contributed by atoms with Crippen LogP contribution in [0.4, 0.5) is 19.0 Å². The van der Waals surface area contributed by atoms with Crippen LogP contribution in [0.1, 0.15) is 29.4 Å². The lowest BCUT2D eigenvalue weighted by Gasteiger charge is -2.10. The lowest BCUT2D eigenvalue weighted by atomic mass is 10.1. The van der Waals surface area contributed by atoms with Gasteiger partial charge < -0.3 is 5.73 Å². The Morgan fingerprint density at radius 2 is 1.88 bits per heavy atom. The quantitative estimate of drug-likeness (QED) is 0.764. The van der Waals surface area contributed by atoms with E-state index in [0.717, 1.165) is 17.5 Å². The third-order valence-electron chi connectivity index (χ3n) is 3.98. The zero-order valence-electron chi connectivity index (χ0n) is 13.6. The van der Waals surface area contributed by atoms with Gasteiger partial charge in [0.2, 0.25) is 0 Å². The molecule has 2 N–H and O–H groups in total. The van der Waals surface area contributed by atoms with Crippen LogP contribution in [-0.2, 0) is 12.6 Å². The van der Waals surface area contributed by atoms with Gasteiger partial charge >= 0.3 is 6.18 Å². The summed E-state index contributed by atoms with van der Waals surface area (Å²) in [7, 11) is 0. The second-order valence-corrected chi connectivity index (χ2v) is 5.78. The molecular formula is C17H17F3N4. The molecule has 3 aromatic rings. The van der Waals surface area contributed by atoms with Gasteiger partial charge in [-0.25, -0.2) is 9.67 Å². The van der Waals surface area contributed by atoms with Crippen LogP contribution in [0.2, 0.25) is 0 Å².